The molecule has 0 unspecified atom stereocenters. The van der Waals surface area contributed by atoms with E-state index in [2.05, 4.69) is 5.32 Å². The van der Waals surface area contributed by atoms with E-state index >= 15 is 0 Å². The minimum absolute atomic E-state index is 0.0716. The molecule has 0 aromatic heterocycles. The van der Waals surface area contributed by atoms with Crippen LogP contribution in [0.5, 0.6) is 5.75 Å². The minimum Gasteiger partial charge on any atom is -0.497 e. The van der Waals surface area contributed by atoms with E-state index in [-0.39, 0.29) is 39.8 Å². The first-order valence-electron chi connectivity index (χ1n) is 13.3. The second-order valence-electron chi connectivity index (χ2n) is 9.50. The molecule has 2 amide bonds. The van der Waals surface area contributed by atoms with Crippen LogP contribution in [0.4, 0.5) is 11.4 Å². The van der Waals surface area contributed by atoms with Crippen LogP contribution in [-0.2, 0) is 26.2 Å². The third-order valence-electron chi connectivity index (χ3n) is 6.68. The van der Waals surface area contributed by atoms with Gasteiger partial charge >= 0.3 is 0 Å². The van der Waals surface area contributed by atoms with E-state index in [9.17, 15) is 28.1 Å². The van der Waals surface area contributed by atoms with Gasteiger partial charge < -0.3 is 15.0 Å². The monoisotopic (exact) mass is 650 g/mol. The highest BCUT2D eigenvalue weighted by atomic mass is 35.5. The summed E-state index contributed by atoms with van der Waals surface area (Å²) in [7, 11) is -3.07. The van der Waals surface area contributed by atoms with Gasteiger partial charge in [0.2, 0.25) is 11.8 Å². The molecule has 0 heterocycles. The minimum atomic E-state index is -4.52. The number of nitrogens with one attached hydrogen (secondary N) is 1. The number of nitrogens with zero attached hydrogens (tertiary/aromatic N) is 3. The Balaban J connectivity index is 2.13. The third-order valence-corrected chi connectivity index (χ3v) is 9.19. The van der Waals surface area contributed by atoms with E-state index in [1.54, 1.807) is 32.0 Å². The number of hydrogen-bond donors (Lipinski definition) is 1. The van der Waals surface area contributed by atoms with E-state index in [4.69, 9.17) is 27.9 Å². The molecule has 3 aromatic carbocycles. The molecule has 0 saturated carbocycles. The van der Waals surface area contributed by atoms with Crippen LogP contribution in [0.15, 0.2) is 65.6 Å². The summed E-state index contributed by atoms with van der Waals surface area (Å²) in [6.07, 6.45) is 0.234. The zero-order chi connectivity index (χ0) is 31.9. The molecule has 0 aliphatic rings. The standard InChI is InChI=1S/C29H32Cl2N4O7S/c1-5-26(29(37)32-6-2)33(17-20-8-14-24(30)25(31)15-20)28(36)18-34(21-9-11-22(42-4)12-10-21)43(40,41)23-13-7-19(3)27(16-23)35(38)39/h7-16,26H,5-6,17-18H2,1-4H3,(H,32,37)/t26-/m1/s1. The number of methoxy groups -OCH3 is 1. The van der Waals surface area contributed by atoms with Crippen LogP contribution < -0.4 is 14.4 Å². The topological polar surface area (TPSA) is 139 Å². The molecule has 11 nitrogen and oxygen atoms in total. The number of likely N-dealkylation sites (N-methyl/N-ethyl adjacent to an activating group) is 1. The molecule has 3 aromatic rings. The predicted molar refractivity (Wildman–Crippen MR) is 165 cm³/mol. The number of rotatable bonds is 13. The van der Waals surface area contributed by atoms with E-state index in [1.165, 1.54) is 55.3 Å². The Morgan fingerprint density at radius 2 is 1.70 bits per heavy atom. The van der Waals surface area contributed by atoms with Gasteiger partial charge in [-0.1, -0.05) is 42.3 Å². The first-order chi connectivity index (χ1) is 20.3. The number of benzene rings is 3. The number of amides is 2. The number of halogens is 2. The number of nitro benzene ring substituents is 1. The van der Waals surface area contributed by atoms with Gasteiger partial charge in [-0.05, 0) is 68.3 Å². The molecule has 0 fully saturated rings. The SMILES string of the molecule is CCNC(=O)[C@@H](CC)N(Cc1ccc(Cl)c(Cl)c1)C(=O)CN(c1ccc(OC)cc1)S(=O)(=O)c1ccc(C)c([N+](=O)[O-])c1. The van der Waals surface area contributed by atoms with Gasteiger partial charge in [-0.15, -0.1) is 0 Å². The Bertz CT molecular complexity index is 1600. The summed E-state index contributed by atoms with van der Waals surface area (Å²) in [5.41, 5.74) is 0.568. The summed E-state index contributed by atoms with van der Waals surface area (Å²) < 4.78 is 34.1. The van der Waals surface area contributed by atoms with Crippen molar-refractivity contribution in [3.63, 3.8) is 0 Å². The number of sulfonamides is 1. The molecule has 14 heteroatoms. The molecule has 230 valence electrons. The summed E-state index contributed by atoms with van der Waals surface area (Å²) in [4.78, 5) is 38.9. The van der Waals surface area contributed by atoms with Crippen molar-refractivity contribution in [2.45, 2.75) is 44.7 Å². The van der Waals surface area contributed by atoms with Gasteiger partial charge in [0.05, 0.1) is 32.7 Å². The summed E-state index contributed by atoms with van der Waals surface area (Å²) in [6.45, 7) is 4.51. The van der Waals surface area contributed by atoms with Crippen molar-refractivity contribution < 1.29 is 27.7 Å². The largest absolute Gasteiger partial charge is 0.497 e. The number of aryl methyl sites for hydroxylation is 1. The van der Waals surface area contributed by atoms with E-state index in [0.717, 1.165) is 10.4 Å². The molecule has 0 saturated heterocycles. The number of ether oxygens (including phenoxy) is 1. The predicted octanol–water partition coefficient (Wildman–Crippen LogP) is 5.36. The lowest BCUT2D eigenvalue weighted by Gasteiger charge is -2.33. The number of hydrogen-bond acceptors (Lipinski definition) is 7. The average molecular weight is 652 g/mol. The fourth-order valence-corrected chi connectivity index (χ4v) is 6.15. The van der Waals surface area contributed by atoms with Crippen molar-refractivity contribution in [2.75, 3.05) is 24.5 Å². The van der Waals surface area contributed by atoms with Crippen LogP contribution in [0.2, 0.25) is 10.0 Å². The van der Waals surface area contributed by atoms with Gasteiger partial charge in [0.1, 0.15) is 18.3 Å². The Hall–Kier alpha value is -3.87. The van der Waals surface area contributed by atoms with Crippen LogP contribution in [0.25, 0.3) is 0 Å². The lowest BCUT2D eigenvalue weighted by Crippen LogP contribution is -2.52. The van der Waals surface area contributed by atoms with Gasteiger partial charge in [0, 0.05) is 24.7 Å². The van der Waals surface area contributed by atoms with Crippen molar-refractivity contribution in [3.05, 3.63) is 92.0 Å². The molecule has 43 heavy (non-hydrogen) atoms. The maximum atomic E-state index is 14.1. The molecule has 1 atom stereocenters. The smallest absolute Gasteiger partial charge is 0.273 e. The number of nitro groups is 1. The van der Waals surface area contributed by atoms with Crippen molar-refractivity contribution in [1.29, 1.82) is 0 Å². The summed E-state index contributed by atoms with van der Waals surface area (Å²) in [6, 6.07) is 13.3. The second-order valence-corrected chi connectivity index (χ2v) is 12.2. The molecule has 0 radical (unpaired) electrons. The summed E-state index contributed by atoms with van der Waals surface area (Å²) in [5.74, 6) is -0.654. The van der Waals surface area contributed by atoms with Crippen LogP contribution >= 0.6 is 23.2 Å². The van der Waals surface area contributed by atoms with Gasteiger partial charge in [-0.3, -0.25) is 24.0 Å². The molecule has 0 spiro atoms. The van der Waals surface area contributed by atoms with Crippen molar-refractivity contribution in [2.24, 2.45) is 0 Å². The first-order valence-corrected chi connectivity index (χ1v) is 15.5. The van der Waals surface area contributed by atoms with Crippen LogP contribution in [0.1, 0.15) is 31.4 Å². The van der Waals surface area contributed by atoms with E-state index in [0.29, 0.717) is 22.9 Å². The van der Waals surface area contributed by atoms with E-state index in [1.807, 2.05) is 0 Å². The zero-order valence-corrected chi connectivity index (χ0v) is 26.4. The Labute approximate surface area is 260 Å². The zero-order valence-electron chi connectivity index (χ0n) is 24.0. The lowest BCUT2D eigenvalue weighted by atomic mass is 10.1. The second kappa shape index (κ2) is 14.5. The molecule has 0 aliphatic carbocycles. The quantitative estimate of drug-likeness (QED) is 0.194. The maximum absolute atomic E-state index is 14.1. The van der Waals surface area contributed by atoms with Crippen molar-refractivity contribution >= 4 is 56.4 Å². The fourth-order valence-electron chi connectivity index (χ4n) is 4.40. The van der Waals surface area contributed by atoms with Crippen LogP contribution in [0.3, 0.4) is 0 Å². The molecule has 1 N–H and O–H groups in total. The Morgan fingerprint density at radius 1 is 1.02 bits per heavy atom. The molecule has 3 rings (SSSR count). The first kappa shape index (κ1) is 33.6. The number of carbonyl (C=O) groups is 2. The highest BCUT2D eigenvalue weighted by molar-refractivity contribution is 7.92. The Morgan fingerprint density at radius 3 is 2.26 bits per heavy atom. The lowest BCUT2D eigenvalue weighted by molar-refractivity contribution is -0.385. The molecule has 0 bridgehead atoms. The number of anilines is 1. The molecular weight excluding hydrogens is 619 g/mol. The Kier molecular flexibility index (Phi) is 11.4. The molecular formula is C29H32Cl2N4O7S. The fraction of sp³-hybridized carbons (Fsp3) is 0.310. The van der Waals surface area contributed by atoms with Gasteiger partial charge in [0.15, 0.2) is 0 Å². The maximum Gasteiger partial charge on any atom is 0.273 e. The van der Waals surface area contributed by atoms with E-state index < -0.39 is 39.3 Å². The molecule has 0 aliphatic heterocycles. The third kappa shape index (κ3) is 7.95. The van der Waals surface area contributed by atoms with Crippen molar-refractivity contribution in [1.82, 2.24) is 10.2 Å². The van der Waals surface area contributed by atoms with Gasteiger partial charge in [0.25, 0.3) is 15.7 Å². The van der Waals surface area contributed by atoms with Gasteiger partial charge in [-0.25, -0.2) is 8.42 Å². The summed E-state index contributed by atoms with van der Waals surface area (Å²) in [5, 5.41) is 14.9. The van der Waals surface area contributed by atoms with Crippen LogP contribution in [-0.4, -0.2) is 56.3 Å². The number of carbonyl (C=O) groups excluding carboxylic acids is 2. The van der Waals surface area contributed by atoms with Crippen LogP contribution in [0, 0.1) is 17.0 Å². The van der Waals surface area contributed by atoms with Crippen molar-refractivity contribution in [3.8, 4) is 5.75 Å². The average Bonchev–Trinajstić information content (AvgIpc) is 2.97. The summed E-state index contributed by atoms with van der Waals surface area (Å²) >= 11 is 12.3. The highest BCUT2D eigenvalue weighted by Crippen LogP contribution is 2.30. The normalized spacial score (nSPS) is 11.9. The highest BCUT2D eigenvalue weighted by Gasteiger charge is 2.34. The van der Waals surface area contributed by atoms with Gasteiger partial charge in [-0.2, -0.15) is 0 Å².